The van der Waals surface area contributed by atoms with Gasteiger partial charge in [0.15, 0.2) is 0 Å². The summed E-state index contributed by atoms with van der Waals surface area (Å²) in [5, 5.41) is 0. The fraction of sp³-hybridized carbons (Fsp3) is 0.444. The van der Waals surface area contributed by atoms with Crippen LogP contribution in [0, 0.1) is 0 Å². The molecule has 126 valence electrons. The van der Waals surface area contributed by atoms with Gasteiger partial charge >= 0.3 is 11.9 Å². The molecule has 1 aromatic carbocycles. The summed E-state index contributed by atoms with van der Waals surface area (Å²) in [4.78, 5) is 25.4. The Morgan fingerprint density at radius 2 is 1.70 bits per heavy atom. The minimum Gasteiger partial charge on any atom is -0.469 e. The van der Waals surface area contributed by atoms with E-state index < -0.39 is 5.97 Å². The highest BCUT2D eigenvalue weighted by Gasteiger charge is 2.20. The summed E-state index contributed by atoms with van der Waals surface area (Å²) in [6.45, 7) is 3.77. The number of hydrogen-bond donors (Lipinski definition) is 0. The standard InChI is InChI=1S/C18H25NO4/c1-13(18(21)23-5)16(11-12-17(20)22-4)19(3)14(2)15-9-7-6-8-10-15/h6-10,14H,11-12H2,1-5H3/b16-13-. The number of ether oxygens (including phenoxy) is 2. The number of benzene rings is 1. The molecule has 5 heteroatoms. The van der Waals surface area contributed by atoms with E-state index in [1.54, 1.807) is 6.92 Å². The molecule has 0 aromatic heterocycles. The van der Waals surface area contributed by atoms with Gasteiger partial charge in [0.25, 0.3) is 0 Å². The summed E-state index contributed by atoms with van der Waals surface area (Å²) >= 11 is 0. The summed E-state index contributed by atoms with van der Waals surface area (Å²) in [5.41, 5.74) is 2.41. The van der Waals surface area contributed by atoms with Crippen molar-refractivity contribution in [1.82, 2.24) is 4.90 Å². The van der Waals surface area contributed by atoms with Crippen LogP contribution in [0.2, 0.25) is 0 Å². The van der Waals surface area contributed by atoms with Crippen molar-refractivity contribution in [2.75, 3.05) is 21.3 Å². The molecule has 0 aliphatic heterocycles. The molecule has 1 rings (SSSR count). The molecule has 0 fully saturated rings. The van der Waals surface area contributed by atoms with Crippen LogP contribution < -0.4 is 0 Å². The maximum atomic E-state index is 11.9. The first-order valence-corrected chi connectivity index (χ1v) is 7.55. The summed E-state index contributed by atoms with van der Waals surface area (Å²) in [7, 11) is 4.62. The van der Waals surface area contributed by atoms with Crippen molar-refractivity contribution in [3.8, 4) is 0 Å². The number of rotatable bonds is 7. The SMILES string of the molecule is COC(=O)CC/C(=C(\C)C(=O)OC)N(C)C(C)c1ccccc1. The molecule has 0 saturated carbocycles. The molecule has 1 atom stereocenters. The quantitative estimate of drug-likeness (QED) is 0.571. The van der Waals surface area contributed by atoms with Crippen LogP contribution in [-0.4, -0.2) is 38.1 Å². The number of methoxy groups -OCH3 is 2. The van der Waals surface area contributed by atoms with Crippen LogP contribution in [0.3, 0.4) is 0 Å². The molecule has 1 unspecified atom stereocenters. The number of hydrogen-bond acceptors (Lipinski definition) is 5. The van der Waals surface area contributed by atoms with Gasteiger partial charge in [-0.05, 0) is 25.8 Å². The Morgan fingerprint density at radius 1 is 1.09 bits per heavy atom. The van der Waals surface area contributed by atoms with Gasteiger partial charge in [0.2, 0.25) is 0 Å². The molecule has 0 N–H and O–H groups in total. The molecule has 0 saturated heterocycles. The third-order valence-electron chi connectivity index (χ3n) is 4.01. The molecule has 0 amide bonds. The van der Waals surface area contributed by atoms with Gasteiger partial charge in [-0.15, -0.1) is 0 Å². The van der Waals surface area contributed by atoms with Crippen molar-refractivity contribution in [1.29, 1.82) is 0 Å². The first kappa shape index (κ1) is 18.7. The number of carbonyl (C=O) groups is 2. The Morgan fingerprint density at radius 3 is 2.22 bits per heavy atom. The van der Waals surface area contributed by atoms with Gasteiger partial charge in [-0.25, -0.2) is 4.79 Å². The lowest BCUT2D eigenvalue weighted by atomic mass is 10.0. The maximum absolute atomic E-state index is 11.9. The molecule has 5 nitrogen and oxygen atoms in total. The highest BCUT2D eigenvalue weighted by Crippen LogP contribution is 2.27. The van der Waals surface area contributed by atoms with E-state index in [9.17, 15) is 9.59 Å². The van der Waals surface area contributed by atoms with E-state index in [0.29, 0.717) is 12.0 Å². The molecule has 1 aromatic rings. The lowest BCUT2D eigenvalue weighted by Gasteiger charge is -2.31. The van der Waals surface area contributed by atoms with Crippen LogP contribution >= 0.6 is 0 Å². The van der Waals surface area contributed by atoms with E-state index in [4.69, 9.17) is 9.47 Å². The number of allylic oxidation sites excluding steroid dienone is 1. The largest absolute Gasteiger partial charge is 0.469 e. The third kappa shape index (κ3) is 5.13. The second-order valence-electron chi connectivity index (χ2n) is 5.34. The van der Waals surface area contributed by atoms with Crippen molar-refractivity contribution in [2.45, 2.75) is 32.7 Å². The molecule has 23 heavy (non-hydrogen) atoms. The Bertz CT molecular complexity index is 566. The fourth-order valence-electron chi connectivity index (χ4n) is 2.41. The van der Waals surface area contributed by atoms with Crippen molar-refractivity contribution >= 4 is 11.9 Å². The number of esters is 2. The fourth-order valence-corrected chi connectivity index (χ4v) is 2.41. The molecule has 0 spiro atoms. The molecular weight excluding hydrogens is 294 g/mol. The number of carbonyl (C=O) groups excluding carboxylic acids is 2. The topological polar surface area (TPSA) is 55.8 Å². The second-order valence-corrected chi connectivity index (χ2v) is 5.34. The molecule has 0 aliphatic carbocycles. The van der Waals surface area contributed by atoms with Gasteiger partial charge in [0.1, 0.15) is 0 Å². The molecule has 0 heterocycles. The molecule has 0 radical (unpaired) electrons. The summed E-state index contributed by atoms with van der Waals surface area (Å²) in [5.74, 6) is -0.696. The molecule has 0 aliphatic rings. The van der Waals surface area contributed by atoms with Crippen molar-refractivity contribution < 1.29 is 19.1 Å². The minimum absolute atomic E-state index is 0.0588. The van der Waals surface area contributed by atoms with Gasteiger partial charge in [0.05, 0.1) is 32.3 Å². The van der Waals surface area contributed by atoms with Gasteiger partial charge in [-0.3, -0.25) is 4.79 Å². The highest BCUT2D eigenvalue weighted by atomic mass is 16.5. The van der Waals surface area contributed by atoms with E-state index in [1.807, 2.05) is 42.3 Å². The average Bonchev–Trinajstić information content (AvgIpc) is 2.60. The predicted octanol–water partition coefficient (Wildman–Crippen LogP) is 3.08. The zero-order valence-corrected chi connectivity index (χ0v) is 14.5. The minimum atomic E-state index is -0.392. The van der Waals surface area contributed by atoms with Crippen LogP contribution in [0.4, 0.5) is 0 Å². The van der Waals surface area contributed by atoms with E-state index in [0.717, 1.165) is 11.3 Å². The average molecular weight is 319 g/mol. The zero-order chi connectivity index (χ0) is 17.4. The Hall–Kier alpha value is -2.30. The second kappa shape index (κ2) is 8.98. The highest BCUT2D eigenvalue weighted by molar-refractivity contribution is 5.88. The van der Waals surface area contributed by atoms with Gasteiger partial charge < -0.3 is 14.4 Å². The van der Waals surface area contributed by atoms with Gasteiger partial charge in [-0.2, -0.15) is 0 Å². The first-order chi connectivity index (χ1) is 10.9. The van der Waals surface area contributed by atoms with Crippen LogP contribution in [0.25, 0.3) is 0 Å². The zero-order valence-electron chi connectivity index (χ0n) is 14.5. The van der Waals surface area contributed by atoms with Gasteiger partial charge in [-0.1, -0.05) is 30.3 Å². The van der Waals surface area contributed by atoms with Crippen molar-refractivity contribution in [2.24, 2.45) is 0 Å². The third-order valence-corrected chi connectivity index (χ3v) is 4.01. The number of nitrogens with zero attached hydrogens (tertiary/aromatic N) is 1. The van der Waals surface area contributed by atoms with Crippen molar-refractivity contribution in [3.05, 3.63) is 47.2 Å². The summed E-state index contributed by atoms with van der Waals surface area (Å²) < 4.78 is 9.52. The van der Waals surface area contributed by atoms with Crippen LogP contribution in [0.15, 0.2) is 41.6 Å². The van der Waals surface area contributed by atoms with E-state index in [-0.39, 0.29) is 18.4 Å². The summed E-state index contributed by atoms with van der Waals surface area (Å²) in [6.07, 6.45) is 0.632. The van der Waals surface area contributed by atoms with Gasteiger partial charge in [0, 0.05) is 12.7 Å². The Balaban J connectivity index is 3.07. The molecule has 0 bridgehead atoms. The van der Waals surface area contributed by atoms with Crippen LogP contribution in [-0.2, 0) is 19.1 Å². The monoisotopic (exact) mass is 319 g/mol. The Kier molecular flexibility index (Phi) is 7.32. The van der Waals surface area contributed by atoms with Crippen LogP contribution in [0.1, 0.15) is 38.3 Å². The normalized spacial score (nSPS) is 12.9. The predicted molar refractivity (Wildman–Crippen MR) is 88.6 cm³/mol. The van der Waals surface area contributed by atoms with E-state index in [2.05, 4.69) is 6.92 Å². The smallest absolute Gasteiger partial charge is 0.335 e. The first-order valence-electron chi connectivity index (χ1n) is 7.55. The Labute approximate surface area is 137 Å². The maximum Gasteiger partial charge on any atom is 0.335 e. The summed E-state index contributed by atoms with van der Waals surface area (Å²) in [6, 6.07) is 10.0. The lowest BCUT2D eigenvalue weighted by molar-refractivity contribution is -0.141. The lowest BCUT2D eigenvalue weighted by Crippen LogP contribution is -2.25. The van der Waals surface area contributed by atoms with Crippen molar-refractivity contribution in [3.63, 3.8) is 0 Å². The van der Waals surface area contributed by atoms with E-state index in [1.165, 1.54) is 14.2 Å². The molecular formula is C18H25NO4. The van der Waals surface area contributed by atoms with Crippen LogP contribution in [0.5, 0.6) is 0 Å². The van der Waals surface area contributed by atoms with E-state index >= 15 is 0 Å².